The van der Waals surface area contributed by atoms with Gasteiger partial charge in [0.05, 0.1) is 17.3 Å². The predicted octanol–water partition coefficient (Wildman–Crippen LogP) is 4.19. The maximum atomic E-state index is 6.27. The van der Waals surface area contributed by atoms with Gasteiger partial charge in [-0.25, -0.2) is 4.98 Å². The average Bonchev–Trinajstić information content (AvgIpc) is 2.49. The SMILES string of the molecule is CCNc1ccc(Cl)c(CN(CC)c2ccccc2)n1. The van der Waals surface area contributed by atoms with Crippen LogP contribution in [0.2, 0.25) is 5.02 Å². The van der Waals surface area contributed by atoms with Crippen LogP contribution in [0.1, 0.15) is 19.5 Å². The highest BCUT2D eigenvalue weighted by Gasteiger charge is 2.10. The Kier molecular flexibility index (Phi) is 5.24. The molecule has 1 aromatic carbocycles. The van der Waals surface area contributed by atoms with Gasteiger partial charge in [0.15, 0.2) is 0 Å². The van der Waals surface area contributed by atoms with E-state index >= 15 is 0 Å². The van der Waals surface area contributed by atoms with Gasteiger partial charge in [-0.1, -0.05) is 29.8 Å². The van der Waals surface area contributed by atoms with Crippen LogP contribution in [-0.2, 0) is 6.54 Å². The lowest BCUT2D eigenvalue weighted by Crippen LogP contribution is -2.23. The van der Waals surface area contributed by atoms with Crippen LogP contribution in [0.5, 0.6) is 0 Å². The number of pyridine rings is 1. The second-order valence-electron chi connectivity index (χ2n) is 4.51. The van der Waals surface area contributed by atoms with Crippen molar-refractivity contribution in [2.45, 2.75) is 20.4 Å². The third-order valence-electron chi connectivity index (χ3n) is 3.12. The van der Waals surface area contributed by atoms with Gasteiger partial charge in [0.25, 0.3) is 0 Å². The number of hydrogen-bond donors (Lipinski definition) is 1. The summed E-state index contributed by atoms with van der Waals surface area (Å²) in [6.07, 6.45) is 0. The Labute approximate surface area is 125 Å². The zero-order valence-electron chi connectivity index (χ0n) is 11.9. The van der Waals surface area contributed by atoms with Crippen molar-refractivity contribution in [1.29, 1.82) is 0 Å². The third kappa shape index (κ3) is 3.64. The highest BCUT2D eigenvalue weighted by Crippen LogP contribution is 2.21. The molecule has 1 heterocycles. The normalized spacial score (nSPS) is 10.3. The second kappa shape index (κ2) is 7.15. The molecule has 4 heteroatoms. The molecule has 0 spiro atoms. The van der Waals surface area contributed by atoms with Crippen molar-refractivity contribution in [3.8, 4) is 0 Å². The number of halogens is 1. The summed E-state index contributed by atoms with van der Waals surface area (Å²) in [6.45, 7) is 6.66. The van der Waals surface area contributed by atoms with E-state index in [2.05, 4.69) is 41.2 Å². The maximum absolute atomic E-state index is 6.27. The molecule has 0 saturated heterocycles. The fraction of sp³-hybridized carbons (Fsp3) is 0.312. The standard InChI is InChI=1S/C16H20ClN3/c1-3-18-16-11-10-14(17)15(19-16)12-20(4-2)13-8-6-5-7-9-13/h5-11H,3-4,12H2,1-2H3,(H,18,19). The number of para-hydroxylation sites is 1. The maximum Gasteiger partial charge on any atom is 0.126 e. The lowest BCUT2D eigenvalue weighted by molar-refractivity contribution is 0.810. The monoisotopic (exact) mass is 289 g/mol. The van der Waals surface area contributed by atoms with Crippen LogP contribution in [0.15, 0.2) is 42.5 Å². The van der Waals surface area contributed by atoms with Crippen molar-refractivity contribution in [3.63, 3.8) is 0 Å². The van der Waals surface area contributed by atoms with Crippen molar-refractivity contribution in [2.24, 2.45) is 0 Å². The van der Waals surface area contributed by atoms with Gasteiger partial charge in [0, 0.05) is 18.8 Å². The molecule has 2 aromatic rings. The summed E-state index contributed by atoms with van der Waals surface area (Å²) < 4.78 is 0. The first-order valence-corrected chi connectivity index (χ1v) is 7.31. The van der Waals surface area contributed by atoms with Crippen LogP contribution in [0.25, 0.3) is 0 Å². The number of aromatic nitrogens is 1. The molecule has 3 nitrogen and oxygen atoms in total. The average molecular weight is 290 g/mol. The Morgan fingerprint density at radius 2 is 1.85 bits per heavy atom. The predicted molar refractivity (Wildman–Crippen MR) is 86.6 cm³/mol. The molecule has 1 aromatic heterocycles. The van der Waals surface area contributed by atoms with Crippen LogP contribution in [0.3, 0.4) is 0 Å². The molecular formula is C16H20ClN3. The minimum atomic E-state index is 0.707. The van der Waals surface area contributed by atoms with E-state index in [1.165, 1.54) is 5.69 Å². The molecule has 2 rings (SSSR count). The van der Waals surface area contributed by atoms with Crippen LogP contribution in [0.4, 0.5) is 11.5 Å². The van der Waals surface area contributed by atoms with E-state index in [1.807, 2.05) is 30.3 Å². The minimum absolute atomic E-state index is 0.707. The zero-order chi connectivity index (χ0) is 14.4. The minimum Gasteiger partial charge on any atom is -0.370 e. The molecule has 0 radical (unpaired) electrons. The van der Waals surface area contributed by atoms with Crippen LogP contribution >= 0.6 is 11.6 Å². The number of nitrogens with one attached hydrogen (secondary N) is 1. The van der Waals surface area contributed by atoms with E-state index in [1.54, 1.807) is 0 Å². The molecule has 1 N–H and O–H groups in total. The van der Waals surface area contributed by atoms with Crippen molar-refractivity contribution in [1.82, 2.24) is 4.98 Å². The van der Waals surface area contributed by atoms with E-state index in [0.717, 1.165) is 24.6 Å². The van der Waals surface area contributed by atoms with Gasteiger partial charge in [0.2, 0.25) is 0 Å². The van der Waals surface area contributed by atoms with Crippen LogP contribution in [0, 0.1) is 0 Å². The number of hydrogen-bond acceptors (Lipinski definition) is 3. The topological polar surface area (TPSA) is 28.2 Å². The van der Waals surface area contributed by atoms with Gasteiger partial charge in [-0.05, 0) is 38.1 Å². The number of benzene rings is 1. The fourth-order valence-corrected chi connectivity index (χ4v) is 2.25. The molecule has 0 unspecified atom stereocenters. The first-order valence-electron chi connectivity index (χ1n) is 6.93. The van der Waals surface area contributed by atoms with Gasteiger partial charge < -0.3 is 10.2 Å². The molecule has 0 saturated carbocycles. The quantitative estimate of drug-likeness (QED) is 0.864. The van der Waals surface area contributed by atoms with E-state index in [0.29, 0.717) is 11.6 Å². The van der Waals surface area contributed by atoms with Gasteiger partial charge in [-0.3, -0.25) is 0 Å². The smallest absolute Gasteiger partial charge is 0.126 e. The van der Waals surface area contributed by atoms with Gasteiger partial charge in [-0.15, -0.1) is 0 Å². The fourth-order valence-electron chi connectivity index (χ4n) is 2.08. The Morgan fingerprint density at radius 1 is 1.10 bits per heavy atom. The first kappa shape index (κ1) is 14.7. The van der Waals surface area contributed by atoms with Gasteiger partial charge in [-0.2, -0.15) is 0 Å². The van der Waals surface area contributed by atoms with E-state index in [4.69, 9.17) is 11.6 Å². The Hall–Kier alpha value is -1.74. The van der Waals surface area contributed by atoms with Crippen molar-refractivity contribution < 1.29 is 0 Å². The van der Waals surface area contributed by atoms with E-state index in [-0.39, 0.29) is 0 Å². The van der Waals surface area contributed by atoms with Crippen molar-refractivity contribution in [2.75, 3.05) is 23.3 Å². The van der Waals surface area contributed by atoms with Gasteiger partial charge >= 0.3 is 0 Å². The number of anilines is 2. The Bertz CT molecular complexity index is 543. The van der Waals surface area contributed by atoms with Crippen LogP contribution < -0.4 is 10.2 Å². The van der Waals surface area contributed by atoms with Gasteiger partial charge in [0.1, 0.15) is 5.82 Å². The zero-order valence-corrected chi connectivity index (χ0v) is 12.7. The number of nitrogens with zero attached hydrogens (tertiary/aromatic N) is 2. The molecule has 0 fully saturated rings. The Balaban J connectivity index is 2.21. The summed E-state index contributed by atoms with van der Waals surface area (Å²) in [5, 5.41) is 3.93. The summed E-state index contributed by atoms with van der Waals surface area (Å²) in [4.78, 5) is 6.84. The van der Waals surface area contributed by atoms with Crippen LogP contribution in [-0.4, -0.2) is 18.1 Å². The van der Waals surface area contributed by atoms with Crippen molar-refractivity contribution >= 4 is 23.1 Å². The molecule has 0 aliphatic carbocycles. The molecule has 0 atom stereocenters. The highest BCUT2D eigenvalue weighted by molar-refractivity contribution is 6.31. The lowest BCUT2D eigenvalue weighted by atomic mass is 10.2. The summed E-state index contributed by atoms with van der Waals surface area (Å²) in [5.41, 5.74) is 2.08. The molecule has 0 amide bonds. The van der Waals surface area contributed by atoms with E-state index in [9.17, 15) is 0 Å². The molecule has 0 bridgehead atoms. The molecule has 20 heavy (non-hydrogen) atoms. The summed E-state index contributed by atoms with van der Waals surface area (Å²) in [7, 11) is 0. The summed E-state index contributed by atoms with van der Waals surface area (Å²) in [5.74, 6) is 0.871. The second-order valence-corrected chi connectivity index (χ2v) is 4.91. The molecule has 0 aliphatic heterocycles. The lowest BCUT2D eigenvalue weighted by Gasteiger charge is -2.23. The Morgan fingerprint density at radius 3 is 2.50 bits per heavy atom. The molecule has 106 valence electrons. The van der Waals surface area contributed by atoms with Crippen molar-refractivity contribution in [3.05, 3.63) is 53.2 Å². The first-order chi connectivity index (χ1) is 9.74. The molecular weight excluding hydrogens is 270 g/mol. The third-order valence-corrected chi connectivity index (χ3v) is 3.46. The summed E-state index contributed by atoms with van der Waals surface area (Å²) >= 11 is 6.27. The number of rotatable bonds is 6. The molecule has 0 aliphatic rings. The largest absolute Gasteiger partial charge is 0.370 e. The van der Waals surface area contributed by atoms with E-state index < -0.39 is 0 Å². The highest BCUT2D eigenvalue weighted by atomic mass is 35.5. The summed E-state index contributed by atoms with van der Waals surface area (Å²) in [6, 6.07) is 14.1.